The van der Waals surface area contributed by atoms with Crippen LogP contribution >= 0.6 is 34.8 Å². The van der Waals surface area contributed by atoms with Gasteiger partial charge in [0.1, 0.15) is 11.4 Å². The summed E-state index contributed by atoms with van der Waals surface area (Å²) in [7, 11) is 1.48. The maximum atomic E-state index is 14.1. The molecule has 0 aliphatic rings. The zero-order chi connectivity index (χ0) is 22.8. The molecule has 0 amide bonds. The summed E-state index contributed by atoms with van der Waals surface area (Å²) >= 11 is 18.2. The molecule has 1 aromatic heterocycles. The SMILES string of the molecule is COc1cc(-c2nn(-c3c(Cl)cccc3Cl)c(=O)[nH]2)ccc1C#Cc1cccc(Cl)c1F. The van der Waals surface area contributed by atoms with Crippen LogP contribution in [0.25, 0.3) is 17.1 Å². The highest BCUT2D eigenvalue weighted by atomic mass is 35.5. The summed E-state index contributed by atoms with van der Waals surface area (Å²) in [5.74, 6) is 5.75. The molecule has 4 rings (SSSR count). The number of nitrogens with zero attached hydrogens (tertiary/aromatic N) is 2. The molecule has 0 aliphatic carbocycles. The van der Waals surface area contributed by atoms with Gasteiger partial charge in [0.05, 0.1) is 33.3 Å². The van der Waals surface area contributed by atoms with Crippen LogP contribution in [-0.4, -0.2) is 21.9 Å². The number of benzene rings is 3. The van der Waals surface area contributed by atoms with E-state index in [1.54, 1.807) is 42.5 Å². The number of para-hydroxylation sites is 1. The maximum absolute atomic E-state index is 14.1. The lowest BCUT2D eigenvalue weighted by atomic mass is 10.1. The molecule has 3 aromatic carbocycles. The normalized spacial score (nSPS) is 10.5. The molecule has 0 fully saturated rings. The van der Waals surface area contributed by atoms with E-state index in [1.807, 2.05) is 0 Å². The van der Waals surface area contributed by atoms with Crippen molar-refractivity contribution >= 4 is 34.8 Å². The van der Waals surface area contributed by atoms with Gasteiger partial charge in [-0.05, 0) is 42.5 Å². The van der Waals surface area contributed by atoms with E-state index in [-0.39, 0.29) is 32.1 Å². The number of hydrogen-bond acceptors (Lipinski definition) is 3. The second kappa shape index (κ2) is 9.09. The van der Waals surface area contributed by atoms with Gasteiger partial charge >= 0.3 is 5.69 Å². The van der Waals surface area contributed by atoms with E-state index in [2.05, 4.69) is 21.9 Å². The van der Waals surface area contributed by atoms with E-state index in [0.29, 0.717) is 16.9 Å². The molecule has 5 nitrogen and oxygen atoms in total. The summed E-state index contributed by atoms with van der Waals surface area (Å²) in [6.07, 6.45) is 0. The highest BCUT2D eigenvalue weighted by Crippen LogP contribution is 2.28. The highest BCUT2D eigenvalue weighted by molar-refractivity contribution is 6.37. The van der Waals surface area contributed by atoms with Gasteiger partial charge in [-0.25, -0.2) is 9.18 Å². The lowest BCUT2D eigenvalue weighted by Crippen LogP contribution is -2.16. The van der Waals surface area contributed by atoms with E-state index in [4.69, 9.17) is 39.5 Å². The third-order valence-corrected chi connectivity index (χ3v) is 5.43. The van der Waals surface area contributed by atoms with Crippen molar-refractivity contribution in [1.29, 1.82) is 0 Å². The Morgan fingerprint density at radius 1 is 0.969 bits per heavy atom. The zero-order valence-corrected chi connectivity index (χ0v) is 18.7. The predicted octanol–water partition coefficient (Wildman–Crippen LogP) is 5.74. The van der Waals surface area contributed by atoms with Gasteiger partial charge in [0.2, 0.25) is 0 Å². The van der Waals surface area contributed by atoms with Gasteiger partial charge in [-0.3, -0.25) is 4.98 Å². The molecule has 0 aliphatic heterocycles. The molecule has 0 bridgehead atoms. The number of aromatic nitrogens is 3. The number of halogens is 4. The molecule has 0 spiro atoms. The molecular weight excluding hydrogens is 476 g/mol. The van der Waals surface area contributed by atoms with Crippen molar-refractivity contribution in [2.45, 2.75) is 0 Å². The Morgan fingerprint density at radius 3 is 2.34 bits per heavy atom. The Bertz CT molecular complexity index is 1430. The number of nitrogens with one attached hydrogen (secondary N) is 1. The first kappa shape index (κ1) is 22.0. The van der Waals surface area contributed by atoms with E-state index >= 15 is 0 Å². The summed E-state index contributed by atoms with van der Waals surface area (Å²) in [5, 5.41) is 4.89. The van der Waals surface area contributed by atoms with E-state index < -0.39 is 11.5 Å². The van der Waals surface area contributed by atoms with E-state index in [1.165, 1.54) is 19.2 Å². The molecule has 32 heavy (non-hydrogen) atoms. The minimum Gasteiger partial charge on any atom is -0.495 e. The second-order valence-electron chi connectivity index (χ2n) is 6.53. The second-order valence-corrected chi connectivity index (χ2v) is 7.75. The quantitative estimate of drug-likeness (QED) is 0.374. The van der Waals surface area contributed by atoms with E-state index in [9.17, 15) is 9.18 Å². The molecule has 0 atom stereocenters. The van der Waals surface area contributed by atoms with Crippen LogP contribution < -0.4 is 10.4 Å². The van der Waals surface area contributed by atoms with Crippen molar-refractivity contribution < 1.29 is 9.13 Å². The Kier molecular flexibility index (Phi) is 6.24. The van der Waals surface area contributed by atoms with Crippen LogP contribution in [0.5, 0.6) is 5.75 Å². The fourth-order valence-electron chi connectivity index (χ4n) is 2.97. The largest absolute Gasteiger partial charge is 0.495 e. The van der Waals surface area contributed by atoms with E-state index in [0.717, 1.165) is 4.68 Å². The van der Waals surface area contributed by atoms with Crippen LogP contribution in [0.1, 0.15) is 11.1 Å². The molecule has 0 unspecified atom stereocenters. The summed E-state index contributed by atoms with van der Waals surface area (Å²) in [6.45, 7) is 0. The van der Waals surface area contributed by atoms with Crippen LogP contribution in [0.3, 0.4) is 0 Å². The molecule has 0 saturated heterocycles. The summed E-state index contributed by atoms with van der Waals surface area (Å²) in [6, 6.07) is 14.6. The highest BCUT2D eigenvalue weighted by Gasteiger charge is 2.16. The fraction of sp³-hybridized carbons (Fsp3) is 0.0435. The van der Waals surface area contributed by atoms with Gasteiger partial charge in [-0.1, -0.05) is 58.8 Å². The standard InChI is InChI=1S/C23H13Cl3FN3O2/c1-32-19-12-15(11-9-13(19)8-10-14-4-2-5-16(24)20(14)27)22-28-23(31)30(29-22)21-17(25)6-3-7-18(21)26/h2-7,9,11-12H,1H3,(H,28,29,31). The number of ether oxygens (including phenoxy) is 1. The Labute approximate surface area is 197 Å². The van der Waals surface area contributed by atoms with Crippen LogP contribution in [0.4, 0.5) is 4.39 Å². The molecule has 9 heteroatoms. The van der Waals surface area contributed by atoms with Crippen molar-refractivity contribution in [2.75, 3.05) is 7.11 Å². The Morgan fingerprint density at radius 2 is 1.62 bits per heavy atom. The minimum absolute atomic E-state index is 0.00252. The van der Waals surface area contributed by atoms with Crippen LogP contribution in [-0.2, 0) is 0 Å². The number of rotatable bonds is 3. The lowest BCUT2D eigenvalue weighted by molar-refractivity contribution is 0.414. The minimum atomic E-state index is -0.585. The number of methoxy groups -OCH3 is 1. The maximum Gasteiger partial charge on any atom is 0.348 e. The molecular formula is C23H13Cl3FN3O2. The average Bonchev–Trinajstić information content (AvgIpc) is 3.16. The number of aromatic amines is 1. The van der Waals surface area contributed by atoms with Gasteiger partial charge in [0, 0.05) is 5.56 Å². The molecule has 0 radical (unpaired) electrons. The van der Waals surface area contributed by atoms with Gasteiger partial charge in [0.15, 0.2) is 11.6 Å². The number of hydrogen-bond donors (Lipinski definition) is 1. The van der Waals surface area contributed by atoms with Gasteiger partial charge in [-0.2, -0.15) is 4.68 Å². The van der Waals surface area contributed by atoms with Gasteiger partial charge in [0.25, 0.3) is 0 Å². The molecule has 0 saturated carbocycles. The summed E-state index contributed by atoms with van der Waals surface area (Å²) in [4.78, 5) is 15.2. The fourth-order valence-corrected chi connectivity index (χ4v) is 3.71. The van der Waals surface area contributed by atoms with Gasteiger partial charge in [-0.15, -0.1) is 5.10 Å². The Hall–Kier alpha value is -3.24. The first-order valence-corrected chi connectivity index (χ1v) is 10.3. The third kappa shape index (κ3) is 4.23. The van der Waals surface area contributed by atoms with Crippen LogP contribution in [0, 0.1) is 17.7 Å². The summed E-state index contributed by atoms with van der Waals surface area (Å²) < 4.78 is 20.6. The zero-order valence-electron chi connectivity index (χ0n) is 16.4. The summed E-state index contributed by atoms with van der Waals surface area (Å²) in [5.41, 5.74) is 1.03. The Balaban J connectivity index is 1.73. The smallest absolute Gasteiger partial charge is 0.348 e. The first-order valence-electron chi connectivity index (χ1n) is 9.17. The topological polar surface area (TPSA) is 59.9 Å². The third-order valence-electron chi connectivity index (χ3n) is 4.53. The van der Waals surface area contributed by atoms with Crippen molar-refractivity contribution in [2.24, 2.45) is 0 Å². The van der Waals surface area contributed by atoms with Crippen molar-refractivity contribution in [3.63, 3.8) is 0 Å². The first-order chi connectivity index (χ1) is 15.4. The number of H-pyrrole nitrogens is 1. The van der Waals surface area contributed by atoms with Crippen LogP contribution in [0.2, 0.25) is 15.1 Å². The molecule has 1 N–H and O–H groups in total. The van der Waals surface area contributed by atoms with Crippen molar-refractivity contribution in [3.8, 4) is 34.7 Å². The molecule has 1 heterocycles. The van der Waals surface area contributed by atoms with Crippen molar-refractivity contribution in [1.82, 2.24) is 14.8 Å². The van der Waals surface area contributed by atoms with Crippen LogP contribution in [0.15, 0.2) is 59.4 Å². The lowest BCUT2D eigenvalue weighted by Gasteiger charge is -2.06. The van der Waals surface area contributed by atoms with Crippen molar-refractivity contribution in [3.05, 3.63) is 97.1 Å². The molecule has 160 valence electrons. The average molecular weight is 489 g/mol. The van der Waals surface area contributed by atoms with Gasteiger partial charge < -0.3 is 4.74 Å². The molecule has 4 aromatic rings. The monoisotopic (exact) mass is 487 g/mol. The predicted molar refractivity (Wildman–Crippen MR) is 124 cm³/mol.